The lowest BCUT2D eigenvalue weighted by molar-refractivity contribution is 0.131. The Morgan fingerprint density at radius 2 is 2.40 bits per heavy atom. The molecule has 2 aliphatic heterocycles. The first-order valence-electron chi connectivity index (χ1n) is 5.26. The summed E-state index contributed by atoms with van der Waals surface area (Å²) in [5, 5.41) is 4.13. The van der Waals surface area contributed by atoms with Crippen LogP contribution in [0.25, 0.3) is 0 Å². The van der Waals surface area contributed by atoms with E-state index in [1.807, 2.05) is 6.07 Å². The maximum Gasteiger partial charge on any atom is 0.0558 e. The van der Waals surface area contributed by atoms with E-state index in [4.69, 9.17) is 11.6 Å². The van der Waals surface area contributed by atoms with E-state index in [1.54, 1.807) is 11.3 Å². The molecule has 3 fully saturated rings. The highest BCUT2D eigenvalue weighted by Gasteiger charge is 2.54. The van der Waals surface area contributed by atoms with Crippen molar-refractivity contribution in [3.05, 3.63) is 21.3 Å². The van der Waals surface area contributed by atoms with E-state index in [0.29, 0.717) is 5.54 Å². The third-order valence-electron chi connectivity index (χ3n) is 3.76. The van der Waals surface area contributed by atoms with Gasteiger partial charge in [-0.2, -0.15) is 0 Å². The average molecular weight is 307 g/mol. The molecule has 2 saturated heterocycles. The van der Waals surface area contributed by atoms with Crippen LogP contribution in [-0.2, 0) is 6.54 Å². The van der Waals surface area contributed by atoms with Gasteiger partial charge >= 0.3 is 0 Å². The number of hydrogen-bond acceptors (Lipinski definition) is 2. The molecule has 0 aromatic carbocycles. The minimum absolute atomic E-state index is 0.456. The van der Waals surface area contributed by atoms with Gasteiger partial charge in [0.25, 0.3) is 0 Å². The van der Waals surface area contributed by atoms with Crippen LogP contribution in [-0.4, -0.2) is 22.3 Å². The SMILES string of the molecule is Clc1ccsc1CN1CC2CC1(CBr)C2. The van der Waals surface area contributed by atoms with E-state index < -0.39 is 0 Å². The largest absolute Gasteiger partial charge is 0.291 e. The van der Waals surface area contributed by atoms with Gasteiger partial charge < -0.3 is 0 Å². The van der Waals surface area contributed by atoms with Gasteiger partial charge in [0.15, 0.2) is 0 Å². The second-order valence-corrected chi connectivity index (χ2v) is 6.67. The number of halogens is 2. The molecule has 1 aliphatic carbocycles. The summed E-state index contributed by atoms with van der Waals surface area (Å²) in [4.78, 5) is 3.94. The summed E-state index contributed by atoms with van der Waals surface area (Å²) in [6, 6.07) is 2.00. The van der Waals surface area contributed by atoms with E-state index in [2.05, 4.69) is 26.2 Å². The molecule has 0 atom stereocenters. The quantitative estimate of drug-likeness (QED) is 0.769. The van der Waals surface area contributed by atoms with E-state index in [9.17, 15) is 0 Å². The zero-order chi connectivity index (χ0) is 10.5. The molecule has 4 rings (SSSR count). The number of hydrogen-bond donors (Lipinski definition) is 0. The summed E-state index contributed by atoms with van der Waals surface area (Å²) in [5.41, 5.74) is 0.456. The Balaban J connectivity index is 1.77. The van der Waals surface area contributed by atoms with Crippen LogP contribution < -0.4 is 0 Å². The van der Waals surface area contributed by atoms with Crippen molar-refractivity contribution in [2.24, 2.45) is 5.92 Å². The van der Waals surface area contributed by atoms with Crippen LogP contribution in [0.5, 0.6) is 0 Å². The van der Waals surface area contributed by atoms with E-state index >= 15 is 0 Å². The molecule has 1 nitrogen and oxygen atoms in total. The second-order valence-electron chi connectivity index (χ2n) is 4.70. The summed E-state index contributed by atoms with van der Waals surface area (Å²) in [5.74, 6) is 0.946. The Kier molecular flexibility index (Phi) is 2.63. The molecular weight excluding hydrogens is 294 g/mol. The number of nitrogens with zero attached hydrogens (tertiary/aromatic N) is 1. The van der Waals surface area contributed by atoms with Crippen molar-refractivity contribution in [1.82, 2.24) is 4.90 Å². The van der Waals surface area contributed by atoms with Crippen molar-refractivity contribution in [2.45, 2.75) is 24.9 Å². The molecule has 15 heavy (non-hydrogen) atoms. The molecule has 4 heteroatoms. The van der Waals surface area contributed by atoms with Crippen molar-refractivity contribution in [3.63, 3.8) is 0 Å². The van der Waals surface area contributed by atoms with Gasteiger partial charge in [-0.15, -0.1) is 11.3 Å². The first kappa shape index (κ1) is 10.6. The number of thiophene rings is 1. The fraction of sp³-hybridized carbons (Fsp3) is 0.636. The van der Waals surface area contributed by atoms with Crippen LogP contribution in [0.15, 0.2) is 11.4 Å². The molecule has 0 amide bonds. The molecular formula is C11H13BrClNS. The van der Waals surface area contributed by atoms with Gasteiger partial charge in [-0.3, -0.25) is 4.90 Å². The van der Waals surface area contributed by atoms with Gasteiger partial charge in [-0.05, 0) is 30.2 Å². The van der Waals surface area contributed by atoms with Gasteiger partial charge in [0.05, 0.1) is 5.02 Å². The molecule has 3 heterocycles. The smallest absolute Gasteiger partial charge is 0.0558 e. The zero-order valence-corrected chi connectivity index (χ0v) is 11.5. The predicted molar refractivity (Wildman–Crippen MR) is 69.0 cm³/mol. The highest BCUT2D eigenvalue weighted by molar-refractivity contribution is 9.09. The van der Waals surface area contributed by atoms with E-state index in [0.717, 1.165) is 22.8 Å². The van der Waals surface area contributed by atoms with Gasteiger partial charge in [-0.1, -0.05) is 27.5 Å². The highest BCUT2D eigenvalue weighted by Crippen LogP contribution is 2.52. The third kappa shape index (κ3) is 1.59. The summed E-state index contributed by atoms with van der Waals surface area (Å²) >= 11 is 11.6. The lowest BCUT2D eigenvalue weighted by atomic mass is 9.75. The molecule has 0 unspecified atom stereocenters. The number of alkyl halides is 1. The lowest BCUT2D eigenvalue weighted by Gasteiger charge is -2.41. The fourth-order valence-corrected chi connectivity index (χ4v) is 4.87. The maximum atomic E-state index is 6.14. The Hall–Kier alpha value is 0.430. The second kappa shape index (κ2) is 3.73. The first-order valence-corrected chi connectivity index (χ1v) is 7.64. The molecule has 3 aliphatic rings. The molecule has 0 radical (unpaired) electrons. The topological polar surface area (TPSA) is 3.24 Å². The maximum absolute atomic E-state index is 6.14. The molecule has 0 spiro atoms. The first-order chi connectivity index (χ1) is 7.23. The minimum atomic E-state index is 0.456. The van der Waals surface area contributed by atoms with Crippen molar-refractivity contribution >= 4 is 38.9 Å². The van der Waals surface area contributed by atoms with Crippen LogP contribution in [0.1, 0.15) is 17.7 Å². The standard InChI is InChI=1S/C11H13BrClNS/c12-7-11-3-8(4-11)5-14(11)6-10-9(13)1-2-15-10/h1-2,8H,3-7H2. The van der Waals surface area contributed by atoms with Crippen LogP contribution in [0, 0.1) is 5.92 Å². The Morgan fingerprint density at radius 1 is 1.60 bits per heavy atom. The monoisotopic (exact) mass is 305 g/mol. The fourth-order valence-electron chi connectivity index (χ4n) is 2.94. The van der Waals surface area contributed by atoms with E-state index in [-0.39, 0.29) is 0 Å². The van der Waals surface area contributed by atoms with Gasteiger partial charge in [0, 0.05) is 28.8 Å². The van der Waals surface area contributed by atoms with Crippen molar-refractivity contribution in [3.8, 4) is 0 Å². The van der Waals surface area contributed by atoms with Gasteiger partial charge in [-0.25, -0.2) is 0 Å². The van der Waals surface area contributed by atoms with Crippen LogP contribution in [0.4, 0.5) is 0 Å². The molecule has 1 saturated carbocycles. The van der Waals surface area contributed by atoms with Crippen molar-refractivity contribution in [1.29, 1.82) is 0 Å². The van der Waals surface area contributed by atoms with Gasteiger partial charge in [0.2, 0.25) is 0 Å². The van der Waals surface area contributed by atoms with Crippen LogP contribution >= 0.6 is 38.9 Å². The Bertz CT molecular complexity index is 372. The molecule has 1 aromatic heterocycles. The van der Waals surface area contributed by atoms with Crippen LogP contribution in [0.3, 0.4) is 0 Å². The zero-order valence-electron chi connectivity index (χ0n) is 8.38. The molecule has 1 aromatic rings. The van der Waals surface area contributed by atoms with Gasteiger partial charge in [0.1, 0.15) is 0 Å². The summed E-state index contributed by atoms with van der Waals surface area (Å²) in [7, 11) is 0. The summed E-state index contributed by atoms with van der Waals surface area (Å²) in [6.07, 6.45) is 2.75. The Labute approximate surface area is 108 Å². The summed E-state index contributed by atoms with van der Waals surface area (Å²) < 4.78 is 0. The van der Waals surface area contributed by atoms with Crippen molar-refractivity contribution in [2.75, 3.05) is 11.9 Å². The lowest BCUT2D eigenvalue weighted by Crippen LogP contribution is -2.46. The summed E-state index contributed by atoms with van der Waals surface area (Å²) in [6.45, 7) is 2.30. The third-order valence-corrected chi connectivity index (χ3v) is 6.18. The minimum Gasteiger partial charge on any atom is -0.291 e. The molecule has 2 bridgehead atoms. The predicted octanol–water partition coefficient (Wildman–Crippen LogP) is 3.76. The average Bonchev–Trinajstić information content (AvgIpc) is 2.79. The number of rotatable bonds is 3. The van der Waals surface area contributed by atoms with Crippen molar-refractivity contribution < 1.29 is 0 Å². The van der Waals surface area contributed by atoms with E-state index in [1.165, 1.54) is 24.3 Å². The molecule has 0 N–H and O–H groups in total. The highest BCUT2D eigenvalue weighted by atomic mass is 79.9. The number of fused-ring (bicyclic) bond motifs is 1. The molecule has 82 valence electrons. The van der Waals surface area contributed by atoms with Crippen LogP contribution in [0.2, 0.25) is 5.02 Å². The normalized spacial score (nSPS) is 34.4. The Morgan fingerprint density at radius 3 is 3.00 bits per heavy atom.